The molecule has 0 aromatic rings. The molecule has 12 amide bonds. The first kappa shape index (κ1) is 86.1. The summed E-state index contributed by atoms with van der Waals surface area (Å²) in [6.45, 7) is -12.3. The molecule has 6 aliphatic rings. The molecule has 0 unspecified atom stereocenters. The largest absolute Gasteiger partial charge is 0.463 e. The first-order valence-corrected chi connectivity index (χ1v) is 32.4. The van der Waals surface area contributed by atoms with Crippen LogP contribution < -0.4 is 0 Å². The van der Waals surface area contributed by atoms with Crippen molar-refractivity contribution in [1.29, 1.82) is 0 Å². The number of esters is 4. The fourth-order valence-electron chi connectivity index (χ4n) is 9.16. The van der Waals surface area contributed by atoms with Gasteiger partial charge in [-0.3, -0.25) is 86.5 Å². The van der Waals surface area contributed by atoms with E-state index in [2.05, 4.69) is 29.0 Å². The summed E-state index contributed by atoms with van der Waals surface area (Å²) in [4.78, 5) is 344. The number of imide groups is 6. The number of hydrogen-bond donors (Lipinski definition) is 0. The number of carbonyl (C=O) groups excluding carboxylic acids is 24. The quantitative estimate of drug-likeness (QED) is 0.0104. The zero-order valence-electron chi connectivity index (χ0n) is 57.3. The second kappa shape index (κ2) is 42.5. The fourth-order valence-corrected chi connectivity index (χ4v) is 9.16. The summed E-state index contributed by atoms with van der Waals surface area (Å²) < 4.78 is 49.8. The van der Waals surface area contributed by atoms with Crippen molar-refractivity contribution < 1.29 is 206 Å². The van der Waals surface area contributed by atoms with Gasteiger partial charge < -0.3 is 71.7 Å². The minimum atomic E-state index is -2.18. The Labute approximate surface area is 609 Å². The Morgan fingerprint density at radius 3 is 0.569 bits per heavy atom. The average Bonchev–Trinajstić information content (AvgIpc) is 1.72. The summed E-state index contributed by atoms with van der Waals surface area (Å²) in [5.74, 6) is -27.6. The molecule has 0 aliphatic carbocycles. The molecule has 6 heterocycles. The first-order valence-electron chi connectivity index (χ1n) is 32.4. The lowest BCUT2D eigenvalue weighted by Crippen LogP contribution is -2.46. The van der Waals surface area contributed by atoms with Crippen LogP contribution in [0, 0.1) is 10.8 Å². The highest BCUT2D eigenvalue weighted by Gasteiger charge is 2.42. The van der Waals surface area contributed by atoms with Crippen LogP contribution in [0.25, 0.3) is 0 Å². The predicted molar refractivity (Wildman–Crippen MR) is 318 cm³/mol. The van der Waals surface area contributed by atoms with Gasteiger partial charge in [0.05, 0.1) is 76.9 Å². The van der Waals surface area contributed by atoms with E-state index >= 15 is 0 Å². The van der Waals surface area contributed by atoms with Gasteiger partial charge in [-0.2, -0.15) is 9.78 Å². The molecule has 109 heavy (non-hydrogen) atoms. The number of nitrogens with zero attached hydrogens (tertiary/aromatic N) is 6. The molecule has 6 aliphatic heterocycles. The highest BCUT2D eigenvalue weighted by Crippen LogP contribution is 2.27. The van der Waals surface area contributed by atoms with Gasteiger partial charge in [0.2, 0.25) is 0 Å². The Hall–Kier alpha value is -11.8. The fraction of sp³-hybridized carbons (Fsp3) is 0.600. The molecule has 0 N–H and O–H groups in total. The molecule has 0 bridgehead atoms. The van der Waals surface area contributed by atoms with Crippen molar-refractivity contribution in [3.8, 4) is 0 Å². The van der Waals surface area contributed by atoms with Crippen molar-refractivity contribution in [2.75, 3.05) is 106 Å². The molecule has 0 aromatic carbocycles. The van der Waals surface area contributed by atoms with Crippen LogP contribution in [0.3, 0.4) is 0 Å². The molecule has 6 fully saturated rings. The number of amides is 12. The number of hydrogen-bond acceptors (Lipinski definition) is 43. The number of carbonyl (C=O) groups is 24. The normalized spacial score (nSPS) is 16.0. The summed E-state index contributed by atoms with van der Waals surface area (Å²) >= 11 is 0. The van der Waals surface area contributed by atoms with Gasteiger partial charge in [0.15, 0.2) is 0 Å². The molecule has 49 nitrogen and oxygen atoms in total. The van der Waals surface area contributed by atoms with Gasteiger partial charge in [0.1, 0.15) is 78.2 Å². The van der Waals surface area contributed by atoms with Crippen molar-refractivity contribution >= 4 is 143 Å². The van der Waals surface area contributed by atoms with Gasteiger partial charge >= 0.3 is 71.6 Å². The number of rotatable bonds is 48. The van der Waals surface area contributed by atoms with Gasteiger partial charge in [0, 0.05) is 77.0 Å². The third-order valence-corrected chi connectivity index (χ3v) is 14.4. The molecule has 49 heteroatoms. The van der Waals surface area contributed by atoms with Gasteiger partial charge in [-0.25, -0.2) is 38.4 Å². The minimum Gasteiger partial charge on any atom is -0.463 e. The highest BCUT2D eigenvalue weighted by atomic mass is 17.2. The molecule has 6 saturated heterocycles. The van der Waals surface area contributed by atoms with E-state index in [-0.39, 0.29) is 107 Å². The molecule has 0 radical (unpaired) electrons. The van der Waals surface area contributed by atoms with E-state index in [1.165, 1.54) is 0 Å². The Kier molecular flexibility index (Phi) is 33.6. The number of ether oxygens (including phenoxy) is 9. The molecule has 0 spiro atoms. The summed E-state index contributed by atoms with van der Waals surface area (Å²) in [6, 6.07) is 0. The smallest absolute Gasteiger partial charge is 0.353 e. The zero-order chi connectivity index (χ0) is 79.8. The molecule has 0 atom stereocenters. The van der Waals surface area contributed by atoms with Gasteiger partial charge in [-0.15, -0.1) is 30.4 Å². The Balaban J connectivity index is 1.25. The molecule has 0 aromatic heterocycles. The standard InChI is InChI=1S/C60H68N6O43/c67-35-1-2-36(68)61(35)102-51(83)21-47(79)96-17-13-91-27-59(28-92-14-18-97-48(80)22-52(84)103-62-37(69)3-4-38(62)70,29-93-15-19-98-49(81)23-53(85)104-63-39(71)5-6-40(63)72)31-95-32-60(33-100-108-57(89)25-55(87)106-65-43(75)9-10-44(65)76,34-101-109-58(90)26-56(88)107-66-45(77)11-12-46(66)78)30-94-16-20-99-50(82)24-54(86)105-64-41(73)7-8-42(64)74/h1-34H2. The monoisotopic (exact) mass is 1560 g/mol. The molecule has 6 rings (SSSR count). The van der Waals surface area contributed by atoms with Crippen LogP contribution in [0.5, 0.6) is 0 Å². The number of hydroxylamine groups is 12. The van der Waals surface area contributed by atoms with E-state index in [1.807, 2.05) is 0 Å². The SMILES string of the molecule is O=C(CC(=O)ON1C(=O)CCC1=O)OCCOCC(COCCOC(=O)CC(=O)ON1C(=O)CCC1=O)(COCCOC(=O)CC(=O)ON1C(=O)CCC1=O)COCC(COCCOC(=O)CC(=O)ON1C(=O)CCC1=O)(COOC(=O)CC(=O)ON1C(=O)CCC1=O)COOC(=O)CC(=O)ON1C(=O)CCC1=O. The van der Waals surface area contributed by atoms with Crippen LogP contribution in [0.15, 0.2) is 0 Å². The van der Waals surface area contributed by atoms with E-state index in [1.54, 1.807) is 0 Å². The topological polar surface area (TPSA) is 604 Å². The van der Waals surface area contributed by atoms with Crippen LogP contribution in [0.1, 0.15) is 116 Å². The van der Waals surface area contributed by atoms with Crippen LogP contribution in [0.2, 0.25) is 0 Å². The van der Waals surface area contributed by atoms with Crippen LogP contribution in [0.4, 0.5) is 0 Å². The highest BCUT2D eigenvalue weighted by molar-refractivity contribution is 6.06. The first-order chi connectivity index (χ1) is 51.8. The van der Waals surface area contributed by atoms with Gasteiger partial charge in [-0.05, 0) is 0 Å². The van der Waals surface area contributed by atoms with E-state index in [0.29, 0.717) is 0 Å². The van der Waals surface area contributed by atoms with Gasteiger partial charge in [0.25, 0.3) is 70.9 Å². The lowest BCUT2D eigenvalue weighted by molar-refractivity contribution is -0.323. The molecule has 596 valence electrons. The van der Waals surface area contributed by atoms with Crippen molar-refractivity contribution in [2.24, 2.45) is 10.8 Å². The van der Waals surface area contributed by atoms with Crippen LogP contribution in [-0.4, -0.2) is 279 Å². The van der Waals surface area contributed by atoms with Crippen LogP contribution >= 0.6 is 0 Å². The van der Waals surface area contributed by atoms with E-state index in [9.17, 15) is 115 Å². The predicted octanol–water partition coefficient (Wildman–Crippen LogP) is -5.85. The second-order valence-electron chi connectivity index (χ2n) is 23.4. The summed E-state index contributed by atoms with van der Waals surface area (Å²) in [6.07, 6.45) is -10.9. The van der Waals surface area contributed by atoms with Crippen LogP contribution in [-0.2, 0) is 206 Å². The summed E-state index contributed by atoms with van der Waals surface area (Å²) in [5, 5.41) is 0.849. The average molecular weight is 1560 g/mol. The van der Waals surface area contributed by atoms with E-state index in [4.69, 9.17) is 62.2 Å². The third-order valence-electron chi connectivity index (χ3n) is 14.4. The Bertz CT molecular complexity index is 3240. The van der Waals surface area contributed by atoms with Crippen molar-refractivity contribution in [2.45, 2.75) is 116 Å². The maximum Gasteiger partial charge on any atom is 0.353 e. The molecule has 0 saturated carbocycles. The maximum atomic E-state index is 13.0. The van der Waals surface area contributed by atoms with Crippen molar-refractivity contribution in [3.05, 3.63) is 0 Å². The Morgan fingerprint density at radius 2 is 0.376 bits per heavy atom. The third kappa shape index (κ3) is 28.8. The van der Waals surface area contributed by atoms with E-state index in [0.717, 1.165) is 0 Å². The maximum absolute atomic E-state index is 13.0. The minimum absolute atomic E-state index is 0.0953. The Morgan fingerprint density at radius 1 is 0.211 bits per heavy atom. The zero-order valence-corrected chi connectivity index (χ0v) is 57.3. The second-order valence-corrected chi connectivity index (χ2v) is 23.4. The van der Waals surface area contributed by atoms with E-state index < -0.39 is 298 Å². The van der Waals surface area contributed by atoms with Gasteiger partial charge in [-0.1, -0.05) is 0 Å². The lowest BCUT2D eigenvalue weighted by atomic mass is 9.90. The molecular formula is C60H68N6O43. The lowest BCUT2D eigenvalue weighted by Gasteiger charge is -2.36. The van der Waals surface area contributed by atoms with Crippen molar-refractivity contribution in [1.82, 2.24) is 30.4 Å². The van der Waals surface area contributed by atoms with Crippen molar-refractivity contribution in [3.63, 3.8) is 0 Å². The summed E-state index contributed by atoms with van der Waals surface area (Å²) in [5.41, 5.74) is -4.04. The summed E-state index contributed by atoms with van der Waals surface area (Å²) in [7, 11) is 0. The molecular weight excluding hydrogens is 1490 g/mol.